The summed E-state index contributed by atoms with van der Waals surface area (Å²) in [4.78, 5) is 140. The number of nitrogens with one attached hydrogen (secondary N) is 8. The number of hydrogen-bond acceptors (Lipinski definition) is 39. The number of carboxylic acid groups (broad SMARTS) is 2. The van der Waals surface area contributed by atoms with Gasteiger partial charge in [-0.05, 0) is 77.0 Å². The van der Waals surface area contributed by atoms with Gasteiger partial charge in [-0.15, -0.1) is 10.2 Å². The Labute approximate surface area is 759 Å². The molecule has 0 radical (unpaired) electrons. The third kappa shape index (κ3) is 28.8. The van der Waals surface area contributed by atoms with Crippen LogP contribution in [0.2, 0.25) is 0 Å². The summed E-state index contributed by atoms with van der Waals surface area (Å²) in [7, 11) is 0. The van der Waals surface area contributed by atoms with Gasteiger partial charge in [0, 0.05) is 12.1 Å². The molecular weight excluding hydrogens is 1770 g/mol. The number of carbonyl (C=O) groups excluding carboxylic acids is 4. The number of carbonyl (C=O) groups is 6. The molecule has 744 valence electrons. The molecule has 8 heterocycles. The van der Waals surface area contributed by atoms with Gasteiger partial charge in [-0.1, -0.05) is 74.6 Å². The van der Waals surface area contributed by atoms with Gasteiger partial charge in [0.1, 0.15) is 133 Å². The molecule has 133 heavy (non-hydrogen) atoms. The predicted molar refractivity (Wildman–Crippen MR) is 444 cm³/mol. The number of carboxylic acids is 2. The summed E-state index contributed by atoms with van der Waals surface area (Å²) < 4.78 is 93.5. The number of rotatable bonds is 46. The van der Waals surface area contributed by atoms with E-state index in [0.717, 1.165) is 76.3 Å². The molecule has 4 saturated heterocycles. The van der Waals surface area contributed by atoms with Gasteiger partial charge in [0.2, 0.25) is 11.8 Å². The number of aliphatic hydroxyl groups excluding tert-OH is 10. The van der Waals surface area contributed by atoms with Gasteiger partial charge < -0.3 is 164 Å². The Kier molecular flexibility index (Phi) is 38.9. The van der Waals surface area contributed by atoms with Gasteiger partial charge in [-0.25, -0.2) is 28.5 Å². The van der Waals surface area contributed by atoms with Crippen molar-refractivity contribution in [2.75, 3.05) is 66.1 Å². The minimum absolute atomic E-state index is 0.0404. The van der Waals surface area contributed by atoms with Crippen LogP contribution in [0, 0.1) is 11.8 Å². The van der Waals surface area contributed by atoms with Crippen LogP contribution in [0.15, 0.2) is 43.7 Å². The van der Waals surface area contributed by atoms with Crippen LogP contribution >= 0.6 is 0 Å². The largest absolute Gasteiger partial charge is 0.479 e. The number of H-pyrrole nitrogens is 4. The molecule has 4 aliphatic heterocycles. The fourth-order valence-corrected chi connectivity index (χ4v) is 17.9. The fraction of sp³-hybridized carbons (Fsp3) is 0.780. The molecule has 51 heteroatoms. The summed E-state index contributed by atoms with van der Waals surface area (Å²) in [6.07, 6.45) is -25.4. The maximum absolute atomic E-state index is 14.3. The first-order chi connectivity index (χ1) is 63.9. The van der Waals surface area contributed by atoms with Crippen LogP contribution in [0.4, 0.5) is 0 Å². The van der Waals surface area contributed by atoms with Crippen LogP contribution in [-0.4, -0.2) is 384 Å². The number of ether oxygens (including phenoxy) is 15. The number of aromatic amines is 4. The topological polar surface area (TPSA) is 725 Å². The van der Waals surface area contributed by atoms with E-state index < -0.39 is 267 Å². The third-order valence-corrected chi connectivity index (χ3v) is 24.9. The zero-order valence-corrected chi connectivity index (χ0v) is 73.5. The molecule has 0 aromatic carbocycles. The highest BCUT2D eigenvalue weighted by Gasteiger charge is 2.56. The molecule has 4 aliphatic carbocycles. The van der Waals surface area contributed by atoms with Gasteiger partial charge in [0.15, 0.2) is 37.4 Å². The van der Waals surface area contributed by atoms with Crippen molar-refractivity contribution in [1.82, 2.24) is 71.2 Å². The molecule has 51 nitrogen and oxygen atoms in total. The third-order valence-electron chi connectivity index (χ3n) is 24.9. The van der Waals surface area contributed by atoms with Crippen molar-refractivity contribution in [2.24, 2.45) is 11.8 Å². The summed E-state index contributed by atoms with van der Waals surface area (Å²) in [6, 6.07) is -3.67. The number of hydrogen-bond donors (Lipinski definition) is 20. The molecule has 0 bridgehead atoms. The first-order valence-electron chi connectivity index (χ1n) is 45.1. The van der Waals surface area contributed by atoms with E-state index in [0.29, 0.717) is 11.4 Å². The van der Waals surface area contributed by atoms with E-state index in [-0.39, 0.29) is 129 Å². The monoisotopic (exact) mass is 1900 g/mol. The molecule has 4 aromatic heterocycles. The Morgan fingerprint density at radius 2 is 0.797 bits per heavy atom. The SMILES string of the molecule is CC1O[C@@H](OC2C(NC(=O)c3cc(=O)[nH]c(=O)[nH]3)CCC[C@H]2O[C@@H]2OC(CO)[C@H](O)C(O[C@@H](CC3CCCCC3)C(=O)O)C2NC(=O)Cn2cc(COCCOCCOCCOCCOCc3cn(CC(=O)NC4C(O[C@@H](CC5CCCCC5)C(=O)O)[C@@H](O)C(CO)O[C@H]4O[C@@H]4CCCC(NC(=O)c5cc(=O)[nH]c(=O)[nH]5)C4O[C@@H]4OC(C)[C@@H](O)C(O)C4O)nn3)nn2)C(O)C(O)[C@@H]1O. The van der Waals surface area contributed by atoms with Crippen LogP contribution < -0.4 is 43.8 Å². The van der Waals surface area contributed by atoms with E-state index in [4.69, 9.17) is 71.1 Å². The second kappa shape index (κ2) is 50.0. The van der Waals surface area contributed by atoms with Crippen molar-refractivity contribution in [1.29, 1.82) is 0 Å². The predicted octanol–water partition coefficient (Wildman–Crippen LogP) is -6.69. The van der Waals surface area contributed by atoms with Crippen molar-refractivity contribution in [3.8, 4) is 0 Å². The highest BCUT2D eigenvalue weighted by Crippen LogP contribution is 2.39. The van der Waals surface area contributed by atoms with Crippen molar-refractivity contribution in [3.63, 3.8) is 0 Å². The molecule has 0 spiro atoms. The van der Waals surface area contributed by atoms with Gasteiger partial charge >= 0.3 is 23.3 Å². The minimum Gasteiger partial charge on any atom is -0.479 e. The first kappa shape index (κ1) is 103. The molecule has 20 N–H and O–H groups in total. The van der Waals surface area contributed by atoms with Gasteiger partial charge in [-0.3, -0.25) is 38.7 Å². The van der Waals surface area contributed by atoms with E-state index in [9.17, 15) is 109 Å². The maximum atomic E-state index is 14.3. The second-order valence-electron chi connectivity index (χ2n) is 34.6. The van der Waals surface area contributed by atoms with E-state index >= 15 is 0 Å². The second-order valence-corrected chi connectivity index (χ2v) is 34.6. The molecule has 28 atom stereocenters. The summed E-state index contributed by atoms with van der Waals surface area (Å²) in [5.41, 5.74) is -4.00. The molecule has 4 aromatic rings. The minimum atomic E-state index is -1.87. The van der Waals surface area contributed by atoms with E-state index in [1.165, 1.54) is 35.6 Å². The van der Waals surface area contributed by atoms with Crippen molar-refractivity contribution in [2.45, 2.75) is 327 Å². The van der Waals surface area contributed by atoms with E-state index in [1.54, 1.807) is 0 Å². The van der Waals surface area contributed by atoms with Crippen LogP contribution in [-0.2, 0) is 117 Å². The Morgan fingerprint density at radius 3 is 1.15 bits per heavy atom. The zero-order valence-electron chi connectivity index (χ0n) is 73.5. The van der Waals surface area contributed by atoms with Crippen molar-refractivity contribution < 1.29 is 161 Å². The molecule has 8 fully saturated rings. The lowest BCUT2D eigenvalue weighted by Gasteiger charge is -2.48. The molecule has 4 amide bonds. The molecule has 4 saturated carbocycles. The Morgan fingerprint density at radius 1 is 0.429 bits per heavy atom. The maximum Gasteiger partial charge on any atom is 0.332 e. The molecular formula is C82H124N14O37. The van der Waals surface area contributed by atoms with Crippen molar-refractivity contribution in [3.05, 3.63) is 89.0 Å². The number of aliphatic hydroxyl groups is 10. The van der Waals surface area contributed by atoms with Crippen LogP contribution in [0.3, 0.4) is 0 Å². The van der Waals surface area contributed by atoms with Crippen molar-refractivity contribution >= 4 is 35.6 Å². The number of aliphatic carboxylic acids is 2. The first-order valence-corrected chi connectivity index (χ1v) is 45.1. The normalized spacial score (nSPS) is 32.4. The fourth-order valence-electron chi connectivity index (χ4n) is 17.9. The summed E-state index contributed by atoms with van der Waals surface area (Å²) >= 11 is 0. The Bertz CT molecular complexity index is 4270. The summed E-state index contributed by atoms with van der Waals surface area (Å²) in [5.74, 6) is -6.32. The van der Waals surface area contributed by atoms with Gasteiger partial charge in [0.05, 0.1) is 128 Å². The van der Waals surface area contributed by atoms with E-state index in [2.05, 4.69) is 51.9 Å². The average Bonchev–Trinajstić information content (AvgIpc) is 1.15. The zero-order chi connectivity index (χ0) is 95.1. The lowest BCUT2D eigenvalue weighted by atomic mass is 9.85. The number of nitrogens with zero attached hydrogens (tertiary/aromatic N) is 6. The highest BCUT2D eigenvalue weighted by atomic mass is 16.8. The lowest BCUT2D eigenvalue weighted by molar-refractivity contribution is -0.334. The lowest BCUT2D eigenvalue weighted by Crippen LogP contribution is -2.68. The Hall–Kier alpha value is -8.54. The summed E-state index contributed by atoms with van der Waals surface area (Å²) in [5, 5.41) is 159. The quantitative estimate of drug-likeness (QED) is 0.0183. The average molecular weight is 1900 g/mol. The van der Waals surface area contributed by atoms with E-state index in [1.807, 2.05) is 9.97 Å². The van der Waals surface area contributed by atoms with Crippen LogP contribution in [0.5, 0.6) is 0 Å². The van der Waals surface area contributed by atoms with Gasteiger partial charge in [-0.2, -0.15) is 0 Å². The molecule has 16 unspecified atom stereocenters. The Balaban J connectivity index is 0.594. The number of amides is 4. The van der Waals surface area contributed by atoms with Gasteiger partial charge in [0.25, 0.3) is 22.9 Å². The van der Waals surface area contributed by atoms with Crippen LogP contribution in [0.25, 0.3) is 0 Å². The number of aromatic nitrogens is 10. The standard InChI is InChI=1S/C82H124N14O37/c1-39-61(103)65(107)67(109)79(124-39)132-69-45(83-73(111)47-29-55(99)89-81(117)85-47)15-9-17-49(69)128-77-59(71(63(105)53(35-97)130-77)126-51(75(113)114)27-41-11-5-3-6-12-41)87-57(101)33-95-31-43(91-93-95)37-122-25-23-120-21-19-119-20-22-121-24-26-123-38-44-32-96(94-92-44)34-58(102)88-60-72(127-52(76(115)116)28-42-13-7-4-8-14-42)64(106)54(36-98)131-78(60)129-50-18-10-16-46(84-74(112)48-30-56(100)90-82(118)86-48)70(50)133-80-68(110)66(108)62(104)40(2)125-80/h29-32,39-42,45-46,49-54,59-72,77-80,97-98,103-110H,3-28,33-38H2,1-2H3,(H,83,111)(H,84,112)(H,87,101)(H,88,102)(H,113,114)(H,115,116)(H2,85,89,99,117)(H2,86,90,100,118)/t39?,40?,45?,46?,49-,50-,51+,52+,53?,54?,59?,60?,61-,62-,63+,64+,65?,66?,67?,68?,69?,70?,71?,72?,77-,78-,79+,80+/m1/s1. The summed E-state index contributed by atoms with van der Waals surface area (Å²) in [6.45, 7) is 1.17. The van der Waals surface area contributed by atoms with Crippen LogP contribution in [0.1, 0.15) is 162 Å². The smallest absolute Gasteiger partial charge is 0.332 e. The molecule has 8 aliphatic rings. The molecule has 12 rings (SSSR count). The highest BCUT2D eigenvalue weighted by molar-refractivity contribution is 5.93.